The number of benzene rings is 1. The molecule has 2 aromatic rings. The van der Waals surface area contributed by atoms with E-state index < -0.39 is 22.0 Å². The number of amides is 1. The third-order valence-electron chi connectivity index (χ3n) is 3.08. The molecule has 0 saturated heterocycles. The Balaban J connectivity index is 2.52. The molecule has 0 spiro atoms. The monoisotopic (exact) mass is 395 g/mol. The summed E-state index contributed by atoms with van der Waals surface area (Å²) in [5, 5.41) is 11.2. The third-order valence-corrected chi connectivity index (χ3v) is 4.18. The van der Waals surface area contributed by atoms with Crippen molar-refractivity contribution < 1.29 is 22.2 Å². The van der Waals surface area contributed by atoms with E-state index in [1.54, 1.807) is 41.1 Å². The van der Waals surface area contributed by atoms with Gasteiger partial charge in [-0.15, -0.1) is 9.35 Å². The molecule has 0 atom stereocenters. The number of ether oxygens (including phenoxy) is 1. The van der Waals surface area contributed by atoms with Crippen molar-refractivity contribution in [2.75, 3.05) is 13.4 Å². The van der Waals surface area contributed by atoms with Crippen LogP contribution < -0.4 is 10.5 Å². The van der Waals surface area contributed by atoms with Crippen LogP contribution in [0.4, 0.5) is 0 Å². The van der Waals surface area contributed by atoms with E-state index in [2.05, 4.69) is 4.28 Å². The Morgan fingerprint density at radius 3 is 2.62 bits per heavy atom. The molecule has 0 saturated carbocycles. The molecule has 8 nitrogen and oxygen atoms in total. The second-order valence-electron chi connectivity index (χ2n) is 5.11. The van der Waals surface area contributed by atoms with Gasteiger partial charge in [0, 0.05) is 0 Å². The zero-order chi connectivity index (χ0) is 19.3. The number of carbonyl (C=O) groups is 1. The lowest BCUT2D eigenvalue weighted by atomic mass is 10.0. The van der Waals surface area contributed by atoms with Crippen LogP contribution in [0.1, 0.15) is 11.1 Å². The molecule has 0 fully saturated rings. The zero-order valence-corrected chi connectivity index (χ0v) is 15.6. The van der Waals surface area contributed by atoms with Crippen molar-refractivity contribution in [3.63, 3.8) is 0 Å². The second-order valence-corrected chi connectivity index (χ2v) is 7.45. The van der Waals surface area contributed by atoms with Crippen molar-refractivity contribution in [3.8, 4) is 5.75 Å². The average Bonchev–Trinajstić information content (AvgIpc) is 3.10. The summed E-state index contributed by atoms with van der Waals surface area (Å²) in [5.74, 6) is -1.15. The van der Waals surface area contributed by atoms with Gasteiger partial charge in [0.1, 0.15) is 5.75 Å². The molecule has 0 unspecified atom stereocenters. The lowest BCUT2D eigenvalue weighted by molar-refractivity contribution is -0.137. The number of carbonyl (C=O) groups excluding carboxylic acids is 1. The van der Waals surface area contributed by atoms with Crippen LogP contribution in [-0.4, -0.2) is 38.7 Å². The van der Waals surface area contributed by atoms with Crippen molar-refractivity contribution in [1.29, 1.82) is 5.41 Å². The van der Waals surface area contributed by atoms with Crippen LogP contribution in [0, 0.1) is 5.41 Å². The van der Waals surface area contributed by atoms with Crippen molar-refractivity contribution in [3.05, 3.63) is 52.2 Å². The number of hydroxylamine groups is 2. The number of hydrogen-bond donors (Lipinski definition) is 2. The van der Waals surface area contributed by atoms with Gasteiger partial charge in [0.2, 0.25) is 5.96 Å². The highest BCUT2D eigenvalue weighted by atomic mass is 32.2. The van der Waals surface area contributed by atoms with Gasteiger partial charge < -0.3 is 10.5 Å². The molecular weight excluding hydrogens is 378 g/mol. The molecule has 138 valence electrons. The third kappa shape index (κ3) is 5.15. The van der Waals surface area contributed by atoms with E-state index in [1.807, 2.05) is 0 Å². The van der Waals surface area contributed by atoms with E-state index >= 15 is 0 Å². The maximum Gasteiger partial charge on any atom is 0.286 e. The summed E-state index contributed by atoms with van der Waals surface area (Å²) in [7, 11) is -2.54. The highest BCUT2D eigenvalue weighted by molar-refractivity contribution is 7.85. The predicted octanol–water partition coefficient (Wildman–Crippen LogP) is 1.91. The van der Waals surface area contributed by atoms with E-state index in [0.29, 0.717) is 16.9 Å². The topological polar surface area (TPSA) is 123 Å². The number of rotatable bonds is 6. The zero-order valence-electron chi connectivity index (χ0n) is 14.0. The summed E-state index contributed by atoms with van der Waals surface area (Å²) in [5.41, 5.74) is 6.61. The van der Waals surface area contributed by atoms with Crippen LogP contribution in [0.2, 0.25) is 0 Å². The maximum absolute atomic E-state index is 12.8. The number of methoxy groups -OCH3 is 1. The smallest absolute Gasteiger partial charge is 0.286 e. The average molecular weight is 395 g/mol. The van der Waals surface area contributed by atoms with Crippen molar-refractivity contribution in [2.45, 2.75) is 0 Å². The quantitative estimate of drug-likeness (QED) is 0.333. The van der Waals surface area contributed by atoms with Crippen LogP contribution in [0.15, 0.2) is 41.1 Å². The number of guanidine groups is 1. The summed E-state index contributed by atoms with van der Waals surface area (Å²) in [6.07, 6.45) is 2.29. The first-order valence-corrected chi connectivity index (χ1v) is 9.93. The predicted molar refractivity (Wildman–Crippen MR) is 99.9 cm³/mol. The minimum Gasteiger partial charge on any atom is -0.497 e. The number of nitrogens with two attached hydrogens (primary N) is 1. The molecule has 0 aliphatic carbocycles. The number of thiophene rings is 1. The molecule has 0 aliphatic rings. The van der Waals surface area contributed by atoms with E-state index in [-0.39, 0.29) is 10.6 Å². The molecule has 0 aliphatic heterocycles. The standard InChI is InChI=1S/C16H17N3O5S2/c1-23-13-5-3-4-11(8-13)9-14(12-6-7-25-10-12)15(20)19(16(17)18)24-26(2,21)22/h3-10H,1-2H3,(H3,17,18)/b14-9+. The van der Waals surface area contributed by atoms with Crippen molar-refractivity contribution in [2.24, 2.45) is 5.73 Å². The van der Waals surface area contributed by atoms with Gasteiger partial charge in [-0.25, -0.2) is 0 Å². The molecule has 10 heteroatoms. The fourth-order valence-electron chi connectivity index (χ4n) is 2.01. The van der Waals surface area contributed by atoms with Crippen LogP contribution >= 0.6 is 11.3 Å². The van der Waals surface area contributed by atoms with Gasteiger partial charge >= 0.3 is 0 Å². The van der Waals surface area contributed by atoms with Gasteiger partial charge in [-0.2, -0.15) is 19.8 Å². The van der Waals surface area contributed by atoms with Gasteiger partial charge in [0.15, 0.2) is 0 Å². The largest absolute Gasteiger partial charge is 0.497 e. The lowest BCUT2D eigenvalue weighted by Crippen LogP contribution is -2.42. The summed E-state index contributed by atoms with van der Waals surface area (Å²) >= 11 is 1.36. The Labute approximate surface area is 155 Å². The molecule has 2 rings (SSSR count). The van der Waals surface area contributed by atoms with Crippen LogP contribution in [0.3, 0.4) is 0 Å². The minimum atomic E-state index is -4.06. The van der Waals surface area contributed by atoms with Crippen LogP contribution in [-0.2, 0) is 19.2 Å². The molecule has 1 heterocycles. The molecule has 1 aromatic carbocycles. The van der Waals surface area contributed by atoms with E-state index in [4.69, 9.17) is 15.9 Å². The Morgan fingerprint density at radius 2 is 2.08 bits per heavy atom. The Kier molecular flexibility index (Phi) is 6.14. The van der Waals surface area contributed by atoms with E-state index in [0.717, 1.165) is 6.26 Å². The van der Waals surface area contributed by atoms with Crippen LogP contribution in [0.25, 0.3) is 11.6 Å². The molecular formula is C16H17N3O5S2. The first-order valence-electron chi connectivity index (χ1n) is 7.17. The Morgan fingerprint density at radius 1 is 1.35 bits per heavy atom. The summed E-state index contributed by atoms with van der Waals surface area (Å²) < 4.78 is 32.5. The number of nitrogens with one attached hydrogen (secondary N) is 1. The number of hydrogen-bond acceptors (Lipinski definition) is 7. The fraction of sp³-hybridized carbons (Fsp3) is 0.125. The van der Waals surface area contributed by atoms with Gasteiger partial charge in [0.25, 0.3) is 16.0 Å². The molecule has 0 bridgehead atoms. The first kappa shape index (κ1) is 19.6. The normalized spacial score (nSPS) is 11.8. The second kappa shape index (κ2) is 8.13. The number of nitrogens with zero attached hydrogens (tertiary/aromatic N) is 1. The summed E-state index contributed by atoms with van der Waals surface area (Å²) in [6.45, 7) is 0. The van der Waals surface area contributed by atoms with E-state index in [9.17, 15) is 13.2 Å². The lowest BCUT2D eigenvalue weighted by Gasteiger charge is -2.19. The Hall–Kier alpha value is -2.69. The van der Waals surface area contributed by atoms with Crippen molar-refractivity contribution >= 4 is 45.0 Å². The molecule has 1 amide bonds. The maximum atomic E-state index is 12.8. The first-order chi connectivity index (χ1) is 12.2. The molecule has 1 aromatic heterocycles. The van der Waals surface area contributed by atoms with Gasteiger partial charge in [-0.05, 0) is 46.2 Å². The van der Waals surface area contributed by atoms with Crippen LogP contribution in [0.5, 0.6) is 5.75 Å². The molecule has 3 N–H and O–H groups in total. The Bertz CT molecular complexity index is 937. The van der Waals surface area contributed by atoms with Gasteiger partial charge in [-0.3, -0.25) is 10.2 Å². The summed E-state index contributed by atoms with van der Waals surface area (Å²) in [4.78, 5) is 12.8. The SMILES string of the molecule is COc1cccc(/C=C(/C(=O)N(OS(C)(=O)=O)C(=N)N)c2ccsc2)c1. The highest BCUT2D eigenvalue weighted by Crippen LogP contribution is 2.25. The highest BCUT2D eigenvalue weighted by Gasteiger charge is 2.27. The van der Waals surface area contributed by atoms with Crippen molar-refractivity contribution in [1.82, 2.24) is 5.06 Å². The summed E-state index contributed by atoms with van der Waals surface area (Å²) in [6, 6.07) is 8.63. The van der Waals surface area contributed by atoms with Gasteiger partial charge in [0.05, 0.1) is 18.9 Å². The van der Waals surface area contributed by atoms with Gasteiger partial charge in [-0.1, -0.05) is 12.1 Å². The molecule has 26 heavy (non-hydrogen) atoms. The van der Waals surface area contributed by atoms with E-state index in [1.165, 1.54) is 24.5 Å². The fourth-order valence-corrected chi connectivity index (χ4v) is 3.09. The molecule has 0 radical (unpaired) electrons. The minimum absolute atomic E-state index is 0.110.